The first-order valence-electron chi connectivity index (χ1n) is 5.53. The van der Waals surface area contributed by atoms with Gasteiger partial charge in [0.1, 0.15) is 4.90 Å². The Hall–Kier alpha value is -0.780. The van der Waals surface area contributed by atoms with E-state index in [2.05, 4.69) is 0 Å². The van der Waals surface area contributed by atoms with Gasteiger partial charge >= 0.3 is 0 Å². The summed E-state index contributed by atoms with van der Waals surface area (Å²) >= 11 is 5.77. The standard InChI is InChI=1S/C11H15ClN2O2S/c1-2-14(9-4-5-9)17(15,16)11-6-3-8(12)7-10(11)13/h3,6-7,9H,2,4-5,13H2,1H3. The van der Waals surface area contributed by atoms with Gasteiger partial charge in [-0.1, -0.05) is 18.5 Å². The van der Waals surface area contributed by atoms with E-state index in [0.29, 0.717) is 11.6 Å². The molecule has 6 heteroatoms. The lowest BCUT2D eigenvalue weighted by atomic mass is 10.3. The number of nitrogens with zero attached hydrogens (tertiary/aromatic N) is 1. The van der Waals surface area contributed by atoms with Crippen LogP contribution >= 0.6 is 11.6 Å². The number of hydrogen-bond donors (Lipinski definition) is 1. The first-order chi connectivity index (χ1) is 7.96. The highest BCUT2D eigenvalue weighted by Crippen LogP contribution is 2.33. The molecule has 2 rings (SSSR count). The molecule has 17 heavy (non-hydrogen) atoms. The van der Waals surface area contributed by atoms with Crippen LogP contribution in [0.25, 0.3) is 0 Å². The maximum atomic E-state index is 12.4. The van der Waals surface area contributed by atoms with E-state index in [1.54, 1.807) is 6.07 Å². The molecule has 0 radical (unpaired) electrons. The molecular formula is C11H15ClN2O2S. The van der Waals surface area contributed by atoms with Crippen molar-refractivity contribution in [1.82, 2.24) is 4.31 Å². The van der Waals surface area contributed by atoms with Crippen molar-refractivity contribution in [1.29, 1.82) is 0 Å². The molecule has 0 atom stereocenters. The molecule has 0 unspecified atom stereocenters. The fraction of sp³-hybridized carbons (Fsp3) is 0.455. The van der Waals surface area contributed by atoms with Gasteiger partial charge in [-0.2, -0.15) is 4.31 Å². The number of nitrogen functional groups attached to an aromatic ring is 1. The van der Waals surface area contributed by atoms with Crippen molar-refractivity contribution >= 4 is 27.3 Å². The molecule has 1 saturated carbocycles. The van der Waals surface area contributed by atoms with Gasteiger partial charge in [0.15, 0.2) is 0 Å². The number of halogens is 1. The van der Waals surface area contributed by atoms with Crippen molar-refractivity contribution in [3.05, 3.63) is 23.2 Å². The minimum absolute atomic E-state index is 0.139. The molecule has 0 amide bonds. The SMILES string of the molecule is CCN(C1CC1)S(=O)(=O)c1ccc(Cl)cc1N. The van der Waals surface area contributed by atoms with Crippen LogP contribution in [-0.2, 0) is 10.0 Å². The van der Waals surface area contributed by atoms with E-state index < -0.39 is 10.0 Å². The summed E-state index contributed by atoms with van der Waals surface area (Å²) in [5, 5.41) is 0.441. The molecule has 0 spiro atoms. The minimum Gasteiger partial charge on any atom is -0.398 e. The second kappa shape index (κ2) is 4.48. The summed E-state index contributed by atoms with van der Waals surface area (Å²) in [5.74, 6) is 0. The van der Waals surface area contributed by atoms with Crippen LogP contribution in [-0.4, -0.2) is 25.3 Å². The molecule has 0 heterocycles. The van der Waals surface area contributed by atoms with Crippen LogP contribution in [0.1, 0.15) is 19.8 Å². The summed E-state index contributed by atoms with van der Waals surface area (Å²) in [4.78, 5) is 0.149. The summed E-state index contributed by atoms with van der Waals surface area (Å²) in [7, 11) is -3.49. The van der Waals surface area contributed by atoms with Gasteiger partial charge in [0, 0.05) is 17.6 Å². The predicted octanol–water partition coefficient (Wildman–Crippen LogP) is 2.10. The molecule has 0 aliphatic heterocycles. The predicted molar refractivity (Wildman–Crippen MR) is 68.5 cm³/mol. The number of sulfonamides is 1. The van der Waals surface area contributed by atoms with E-state index in [1.807, 2.05) is 6.92 Å². The van der Waals surface area contributed by atoms with Crippen molar-refractivity contribution < 1.29 is 8.42 Å². The van der Waals surface area contributed by atoms with Gasteiger partial charge in [-0.15, -0.1) is 0 Å². The van der Waals surface area contributed by atoms with Gasteiger partial charge in [0.05, 0.1) is 5.69 Å². The molecule has 1 aromatic rings. The zero-order valence-electron chi connectivity index (χ0n) is 9.56. The van der Waals surface area contributed by atoms with Gasteiger partial charge < -0.3 is 5.73 Å². The molecule has 1 aliphatic rings. The Morgan fingerprint density at radius 1 is 1.47 bits per heavy atom. The van der Waals surface area contributed by atoms with Gasteiger partial charge in [-0.05, 0) is 31.0 Å². The van der Waals surface area contributed by atoms with E-state index in [9.17, 15) is 8.42 Å². The fourth-order valence-electron chi connectivity index (χ4n) is 1.87. The van der Waals surface area contributed by atoms with Gasteiger partial charge in [-0.3, -0.25) is 0 Å². The van der Waals surface area contributed by atoms with Crippen LogP contribution in [0, 0.1) is 0 Å². The van der Waals surface area contributed by atoms with Crippen LogP contribution in [0.4, 0.5) is 5.69 Å². The fourth-order valence-corrected chi connectivity index (χ4v) is 3.84. The highest BCUT2D eigenvalue weighted by Gasteiger charge is 2.37. The first-order valence-corrected chi connectivity index (χ1v) is 7.35. The van der Waals surface area contributed by atoms with E-state index in [-0.39, 0.29) is 16.6 Å². The first kappa shape index (κ1) is 12.7. The molecule has 94 valence electrons. The highest BCUT2D eigenvalue weighted by atomic mass is 35.5. The summed E-state index contributed by atoms with van der Waals surface area (Å²) in [5.41, 5.74) is 5.94. The Balaban J connectivity index is 2.43. The molecular weight excluding hydrogens is 260 g/mol. The number of nitrogens with two attached hydrogens (primary N) is 1. The van der Waals surface area contributed by atoms with Gasteiger partial charge in [-0.25, -0.2) is 8.42 Å². The van der Waals surface area contributed by atoms with Crippen molar-refractivity contribution in [3.8, 4) is 0 Å². The maximum absolute atomic E-state index is 12.4. The zero-order valence-corrected chi connectivity index (χ0v) is 11.1. The van der Waals surface area contributed by atoms with Crippen LogP contribution in [0.5, 0.6) is 0 Å². The number of anilines is 1. The minimum atomic E-state index is -3.49. The zero-order chi connectivity index (χ0) is 12.6. The van der Waals surface area contributed by atoms with E-state index in [0.717, 1.165) is 12.8 Å². The largest absolute Gasteiger partial charge is 0.398 e. The number of rotatable bonds is 4. The van der Waals surface area contributed by atoms with Crippen LogP contribution < -0.4 is 5.73 Å². The summed E-state index contributed by atoms with van der Waals surface area (Å²) in [6.07, 6.45) is 1.86. The van der Waals surface area contributed by atoms with Gasteiger partial charge in [0.25, 0.3) is 0 Å². The Morgan fingerprint density at radius 3 is 2.59 bits per heavy atom. The lowest BCUT2D eigenvalue weighted by Gasteiger charge is -2.20. The highest BCUT2D eigenvalue weighted by molar-refractivity contribution is 7.89. The third-order valence-electron chi connectivity index (χ3n) is 2.82. The van der Waals surface area contributed by atoms with Crippen molar-refractivity contribution in [2.24, 2.45) is 0 Å². The second-order valence-corrected chi connectivity index (χ2v) is 6.42. The third kappa shape index (κ3) is 2.41. The average molecular weight is 275 g/mol. The summed E-state index contributed by atoms with van der Waals surface area (Å²) in [6, 6.07) is 4.62. The van der Waals surface area contributed by atoms with Crippen molar-refractivity contribution in [3.63, 3.8) is 0 Å². The Bertz CT molecular complexity index is 526. The monoisotopic (exact) mass is 274 g/mol. The van der Waals surface area contributed by atoms with Crippen molar-refractivity contribution in [2.45, 2.75) is 30.7 Å². The maximum Gasteiger partial charge on any atom is 0.245 e. The van der Waals surface area contributed by atoms with Gasteiger partial charge in [0.2, 0.25) is 10.0 Å². The molecule has 1 aliphatic carbocycles. The molecule has 0 aromatic heterocycles. The van der Waals surface area contributed by atoms with E-state index >= 15 is 0 Å². The second-order valence-electron chi connectivity index (χ2n) is 4.12. The Labute approximate surface area is 106 Å². The molecule has 1 aromatic carbocycles. The topological polar surface area (TPSA) is 63.4 Å². The third-order valence-corrected chi connectivity index (χ3v) is 5.16. The van der Waals surface area contributed by atoms with E-state index in [1.165, 1.54) is 16.4 Å². The quantitative estimate of drug-likeness (QED) is 0.855. The normalized spacial score (nSPS) is 16.4. The lowest BCUT2D eigenvalue weighted by Crippen LogP contribution is -2.33. The Morgan fingerprint density at radius 2 is 2.12 bits per heavy atom. The molecule has 2 N–H and O–H groups in total. The molecule has 0 saturated heterocycles. The smallest absolute Gasteiger partial charge is 0.245 e. The Kier molecular flexibility index (Phi) is 3.34. The molecule has 0 bridgehead atoms. The number of hydrogen-bond acceptors (Lipinski definition) is 3. The summed E-state index contributed by atoms with van der Waals surface area (Å²) in [6.45, 7) is 2.30. The molecule has 1 fully saturated rings. The average Bonchev–Trinajstić information content (AvgIpc) is 3.01. The lowest BCUT2D eigenvalue weighted by molar-refractivity contribution is 0.421. The van der Waals surface area contributed by atoms with Crippen LogP contribution in [0.15, 0.2) is 23.1 Å². The number of benzene rings is 1. The molecule has 4 nitrogen and oxygen atoms in total. The van der Waals surface area contributed by atoms with Crippen molar-refractivity contribution in [2.75, 3.05) is 12.3 Å². The summed E-state index contributed by atoms with van der Waals surface area (Å²) < 4.78 is 26.3. The van der Waals surface area contributed by atoms with Crippen LogP contribution in [0.3, 0.4) is 0 Å². The van der Waals surface area contributed by atoms with E-state index in [4.69, 9.17) is 17.3 Å². The van der Waals surface area contributed by atoms with Crippen LogP contribution in [0.2, 0.25) is 5.02 Å².